The summed E-state index contributed by atoms with van der Waals surface area (Å²) in [5.74, 6) is -0.934. The lowest BCUT2D eigenvalue weighted by molar-refractivity contribution is -0.167. The number of rotatable bonds is 59. The van der Waals surface area contributed by atoms with Crippen molar-refractivity contribution in [2.24, 2.45) is 0 Å². The second-order valence-electron chi connectivity index (χ2n) is 21.6. The molecule has 1 unspecified atom stereocenters. The third kappa shape index (κ3) is 66.0. The van der Waals surface area contributed by atoms with E-state index < -0.39 is 6.10 Å². The Balaban J connectivity index is 4.31. The standard InChI is InChI=1S/C75H122O6/c1-4-7-10-13-16-19-22-24-26-28-29-30-31-32-33-34-35-36-37-38-39-40-41-42-43-44-45-47-48-50-53-56-59-62-65-68-74(77)80-71-72(70-79-73(76)67-64-61-58-55-52-21-18-15-12-9-6-3)81-75(78)69-66-63-60-57-54-51-49-46-27-25-23-20-17-14-11-8-5-2/h7,10,15-16,18-19,24-27,29-30,32-33,35-36,38-39,41-42,44-45,48,50,72H,4-6,8-9,11-14,17,20-23,28,31,34,37,40,43,46-47,49,51-71H2,1-3H3/b10-7-,18-15-,19-16-,26-24-,27-25-,30-29-,33-32-,36-35-,39-38-,42-41-,45-44-,50-48-. The lowest BCUT2D eigenvalue weighted by Crippen LogP contribution is -2.30. The summed E-state index contributed by atoms with van der Waals surface area (Å²) in [5.41, 5.74) is 0. The van der Waals surface area contributed by atoms with Crippen molar-refractivity contribution in [3.63, 3.8) is 0 Å². The Hall–Kier alpha value is -4.71. The Bertz CT molecular complexity index is 1760. The fourth-order valence-electron chi connectivity index (χ4n) is 8.80. The van der Waals surface area contributed by atoms with Crippen LogP contribution in [-0.4, -0.2) is 37.2 Å². The fourth-order valence-corrected chi connectivity index (χ4v) is 8.80. The molecule has 0 rings (SSSR count). The first-order chi connectivity index (χ1) is 40.0. The Labute approximate surface area is 499 Å². The molecule has 0 aliphatic rings. The fraction of sp³-hybridized carbons (Fsp3) is 0.640. The summed E-state index contributed by atoms with van der Waals surface area (Å²) in [6, 6.07) is 0. The van der Waals surface area contributed by atoms with Gasteiger partial charge in [0, 0.05) is 19.3 Å². The van der Waals surface area contributed by atoms with Crippen molar-refractivity contribution in [1.82, 2.24) is 0 Å². The van der Waals surface area contributed by atoms with E-state index in [1.54, 1.807) is 0 Å². The maximum Gasteiger partial charge on any atom is 0.306 e. The first kappa shape index (κ1) is 76.3. The van der Waals surface area contributed by atoms with Crippen molar-refractivity contribution in [3.8, 4) is 0 Å². The van der Waals surface area contributed by atoms with Crippen LogP contribution in [0.5, 0.6) is 0 Å². The maximum atomic E-state index is 12.9. The van der Waals surface area contributed by atoms with Crippen LogP contribution >= 0.6 is 0 Å². The van der Waals surface area contributed by atoms with E-state index in [1.807, 2.05) is 0 Å². The van der Waals surface area contributed by atoms with E-state index in [0.29, 0.717) is 19.3 Å². The Morgan fingerprint density at radius 1 is 0.259 bits per heavy atom. The summed E-state index contributed by atoms with van der Waals surface area (Å²) in [7, 11) is 0. The third-order valence-corrected chi connectivity index (χ3v) is 13.8. The highest BCUT2D eigenvalue weighted by molar-refractivity contribution is 5.71. The SMILES string of the molecule is CC/C=C\C/C=C\C/C=C\C/C=C\C/C=C\C/C=C\C/C=C\C/C=C\C/C=C\C/C=C\CCCCCCC(=O)OCC(COC(=O)CCCCCCC/C=C\CCCC)OC(=O)CCCCCCCCC/C=C\CCCCCCCC. The molecule has 0 aliphatic carbocycles. The van der Waals surface area contributed by atoms with Crippen molar-refractivity contribution in [3.05, 3.63) is 146 Å². The highest BCUT2D eigenvalue weighted by Crippen LogP contribution is 2.15. The van der Waals surface area contributed by atoms with Crippen LogP contribution in [0.15, 0.2) is 146 Å². The van der Waals surface area contributed by atoms with Gasteiger partial charge in [-0.2, -0.15) is 0 Å². The van der Waals surface area contributed by atoms with Crippen molar-refractivity contribution in [1.29, 1.82) is 0 Å². The van der Waals surface area contributed by atoms with Gasteiger partial charge in [0.15, 0.2) is 6.10 Å². The molecule has 6 nitrogen and oxygen atoms in total. The quantitative estimate of drug-likeness (QED) is 0.0261. The highest BCUT2D eigenvalue weighted by atomic mass is 16.6. The molecular weight excluding hydrogens is 997 g/mol. The molecule has 0 saturated carbocycles. The van der Waals surface area contributed by atoms with E-state index in [-0.39, 0.29) is 31.1 Å². The molecule has 0 bridgehead atoms. The molecule has 0 aromatic carbocycles. The first-order valence-electron chi connectivity index (χ1n) is 33.3. The second kappa shape index (κ2) is 67.8. The van der Waals surface area contributed by atoms with E-state index in [9.17, 15) is 14.4 Å². The Morgan fingerprint density at radius 3 is 0.802 bits per heavy atom. The summed E-state index contributed by atoms with van der Waals surface area (Å²) >= 11 is 0. The molecule has 458 valence electrons. The van der Waals surface area contributed by atoms with Gasteiger partial charge < -0.3 is 14.2 Å². The molecule has 0 aromatic rings. The number of carbonyl (C=O) groups is 3. The highest BCUT2D eigenvalue weighted by Gasteiger charge is 2.19. The van der Waals surface area contributed by atoms with Gasteiger partial charge in [0.1, 0.15) is 13.2 Å². The molecule has 0 aliphatic heterocycles. The molecule has 0 N–H and O–H groups in total. The van der Waals surface area contributed by atoms with Crippen molar-refractivity contribution in [2.75, 3.05) is 13.2 Å². The third-order valence-electron chi connectivity index (χ3n) is 13.8. The average Bonchev–Trinajstić information content (AvgIpc) is 3.47. The van der Waals surface area contributed by atoms with Gasteiger partial charge in [-0.25, -0.2) is 0 Å². The van der Waals surface area contributed by atoms with Gasteiger partial charge in [0.05, 0.1) is 0 Å². The average molecular weight is 1120 g/mol. The summed E-state index contributed by atoms with van der Waals surface area (Å²) in [5, 5.41) is 0. The Kier molecular flexibility index (Phi) is 63.9. The lowest BCUT2D eigenvalue weighted by Gasteiger charge is -2.18. The number of hydrogen-bond donors (Lipinski definition) is 0. The van der Waals surface area contributed by atoms with Gasteiger partial charge in [-0.3, -0.25) is 14.4 Å². The summed E-state index contributed by atoms with van der Waals surface area (Å²) in [4.78, 5) is 38.2. The molecule has 81 heavy (non-hydrogen) atoms. The largest absolute Gasteiger partial charge is 0.462 e. The van der Waals surface area contributed by atoms with Gasteiger partial charge >= 0.3 is 17.9 Å². The molecule has 6 heteroatoms. The van der Waals surface area contributed by atoms with Crippen LogP contribution < -0.4 is 0 Å². The molecule has 0 spiro atoms. The van der Waals surface area contributed by atoms with E-state index in [4.69, 9.17) is 14.2 Å². The van der Waals surface area contributed by atoms with E-state index in [1.165, 1.54) is 103 Å². The van der Waals surface area contributed by atoms with E-state index >= 15 is 0 Å². The lowest BCUT2D eigenvalue weighted by atomic mass is 10.1. The number of carbonyl (C=O) groups excluding carboxylic acids is 3. The van der Waals surface area contributed by atoms with Crippen LogP contribution in [-0.2, 0) is 28.6 Å². The van der Waals surface area contributed by atoms with Gasteiger partial charge in [-0.05, 0) is 141 Å². The predicted octanol–water partition coefficient (Wildman–Crippen LogP) is 23.1. The van der Waals surface area contributed by atoms with Crippen LogP contribution in [0.1, 0.15) is 290 Å². The zero-order valence-electron chi connectivity index (χ0n) is 52.5. The van der Waals surface area contributed by atoms with Crippen LogP contribution in [0.4, 0.5) is 0 Å². The first-order valence-corrected chi connectivity index (χ1v) is 33.3. The molecule has 0 radical (unpaired) electrons. The molecule has 0 saturated heterocycles. The molecule has 1 atom stereocenters. The van der Waals surface area contributed by atoms with Gasteiger partial charge in [-0.1, -0.05) is 276 Å². The maximum absolute atomic E-state index is 12.9. The van der Waals surface area contributed by atoms with Crippen LogP contribution in [0, 0.1) is 0 Å². The monoisotopic (exact) mass is 1120 g/mol. The smallest absolute Gasteiger partial charge is 0.306 e. The van der Waals surface area contributed by atoms with Crippen molar-refractivity contribution < 1.29 is 28.6 Å². The van der Waals surface area contributed by atoms with Crippen LogP contribution in [0.25, 0.3) is 0 Å². The second-order valence-corrected chi connectivity index (χ2v) is 21.6. The van der Waals surface area contributed by atoms with Gasteiger partial charge in [0.25, 0.3) is 0 Å². The number of unbranched alkanes of at least 4 members (excludes halogenated alkanes) is 24. The van der Waals surface area contributed by atoms with Crippen LogP contribution in [0.3, 0.4) is 0 Å². The zero-order chi connectivity index (χ0) is 58.5. The van der Waals surface area contributed by atoms with Gasteiger partial charge in [0.2, 0.25) is 0 Å². The molecule has 0 fully saturated rings. The minimum absolute atomic E-state index is 0.0953. The van der Waals surface area contributed by atoms with E-state index in [0.717, 1.165) is 148 Å². The molecule has 0 heterocycles. The minimum Gasteiger partial charge on any atom is -0.462 e. The topological polar surface area (TPSA) is 78.9 Å². The number of allylic oxidation sites excluding steroid dienone is 24. The normalized spacial score (nSPS) is 13.1. The number of hydrogen-bond acceptors (Lipinski definition) is 6. The number of ether oxygens (including phenoxy) is 3. The molecule has 0 aromatic heterocycles. The molecular formula is C75H122O6. The summed E-state index contributed by atoms with van der Waals surface area (Å²) in [6.45, 7) is 6.46. The van der Waals surface area contributed by atoms with Crippen LogP contribution in [0.2, 0.25) is 0 Å². The predicted molar refractivity (Wildman–Crippen MR) is 352 cm³/mol. The van der Waals surface area contributed by atoms with Crippen molar-refractivity contribution >= 4 is 17.9 Å². The summed E-state index contributed by atoms with van der Waals surface area (Å²) in [6.07, 6.45) is 97.2. The minimum atomic E-state index is -0.799. The zero-order valence-corrected chi connectivity index (χ0v) is 52.5. The summed E-state index contributed by atoms with van der Waals surface area (Å²) < 4.78 is 16.9. The van der Waals surface area contributed by atoms with E-state index in [2.05, 4.69) is 167 Å². The van der Waals surface area contributed by atoms with Gasteiger partial charge in [-0.15, -0.1) is 0 Å². The Morgan fingerprint density at radius 2 is 0.494 bits per heavy atom. The van der Waals surface area contributed by atoms with Crippen molar-refractivity contribution in [2.45, 2.75) is 297 Å². The number of esters is 3. The molecule has 0 amide bonds.